The average molecular weight is 220 g/mol. The van der Waals surface area contributed by atoms with Crippen molar-refractivity contribution in [3.63, 3.8) is 0 Å². The summed E-state index contributed by atoms with van der Waals surface area (Å²) in [6.45, 7) is 1.86. The summed E-state index contributed by atoms with van der Waals surface area (Å²) in [4.78, 5) is 17.6. The molecule has 0 atom stereocenters. The normalized spacial score (nSPS) is 16.1. The van der Waals surface area contributed by atoms with E-state index in [9.17, 15) is 4.79 Å². The van der Waals surface area contributed by atoms with E-state index in [0.29, 0.717) is 17.1 Å². The number of amides is 1. The lowest BCUT2D eigenvalue weighted by Crippen LogP contribution is -2.32. The van der Waals surface area contributed by atoms with Gasteiger partial charge in [0.05, 0.1) is 17.4 Å². The van der Waals surface area contributed by atoms with Crippen LogP contribution < -0.4 is 16.4 Å². The molecular weight excluding hydrogens is 204 g/mol. The highest BCUT2D eigenvalue weighted by molar-refractivity contribution is 5.98. The third-order valence-corrected chi connectivity index (χ3v) is 2.81. The Morgan fingerprint density at radius 3 is 2.62 bits per heavy atom. The Bertz CT molecular complexity index is 399. The highest BCUT2D eigenvalue weighted by Crippen LogP contribution is 2.22. The number of nitrogen functional groups attached to an aromatic ring is 1. The van der Waals surface area contributed by atoms with Crippen LogP contribution in [0.15, 0.2) is 12.3 Å². The van der Waals surface area contributed by atoms with Crippen LogP contribution in [0.5, 0.6) is 0 Å². The third-order valence-electron chi connectivity index (χ3n) is 2.81. The molecule has 2 rings (SSSR count). The fourth-order valence-corrected chi connectivity index (χ4v) is 2.01. The quantitative estimate of drug-likeness (QED) is 0.770. The number of hydrogen-bond acceptors (Lipinski definition) is 4. The zero-order valence-corrected chi connectivity index (χ0v) is 9.15. The number of carbonyl (C=O) groups excluding carboxylic acids is 1. The molecule has 1 saturated heterocycles. The van der Waals surface area contributed by atoms with Crippen molar-refractivity contribution >= 4 is 17.4 Å². The molecule has 0 bridgehead atoms. The Balaban J connectivity index is 2.34. The van der Waals surface area contributed by atoms with Gasteiger partial charge in [-0.3, -0.25) is 4.79 Å². The van der Waals surface area contributed by atoms with Gasteiger partial charge in [0.15, 0.2) is 0 Å². The number of carbonyl (C=O) groups is 1. The first-order chi connectivity index (χ1) is 7.68. The van der Waals surface area contributed by atoms with Crippen LogP contribution in [0, 0.1) is 0 Å². The van der Waals surface area contributed by atoms with Crippen molar-refractivity contribution < 1.29 is 4.79 Å². The molecule has 5 nitrogen and oxygen atoms in total. The largest absolute Gasteiger partial charge is 0.397 e. The zero-order chi connectivity index (χ0) is 11.5. The molecule has 1 fully saturated rings. The molecule has 1 amide bonds. The smallest absolute Gasteiger partial charge is 0.252 e. The Morgan fingerprint density at radius 2 is 2.00 bits per heavy atom. The van der Waals surface area contributed by atoms with Crippen molar-refractivity contribution in [3.8, 4) is 0 Å². The van der Waals surface area contributed by atoms with Crippen LogP contribution in [0.2, 0.25) is 0 Å². The lowest BCUT2D eigenvalue weighted by molar-refractivity contribution is 0.100. The molecule has 0 saturated carbocycles. The molecule has 1 aromatic heterocycles. The van der Waals surface area contributed by atoms with Gasteiger partial charge in [0.25, 0.3) is 5.91 Å². The van der Waals surface area contributed by atoms with Crippen molar-refractivity contribution in [1.82, 2.24) is 4.98 Å². The molecule has 0 aromatic carbocycles. The molecule has 0 unspecified atom stereocenters. The summed E-state index contributed by atoms with van der Waals surface area (Å²) in [6, 6.07) is 1.60. The fraction of sp³-hybridized carbons (Fsp3) is 0.455. The van der Waals surface area contributed by atoms with Gasteiger partial charge in [0, 0.05) is 13.1 Å². The van der Waals surface area contributed by atoms with Gasteiger partial charge in [0.1, 0.15) is 5.82 Å². The van der Waals surface area contributed by atoms with Gasteiger partial charge in [-0.05, 0) is 25.3 Å². The number of primary amides is 1. The van der Waals surface area contributed by atoms with Crippen LogP contribution in [0.1, 0.15) is 29.6 Å². The highest BCUT2D eigenvalue weighted by atomic mass is 16.1. The predicted octanol–water partition coefficient (Wildman–Crippen LogP) is 0.753. The van der Waals surface area contributed by atoms with Crippen molar-refractivity contribution in [2.45, 2.75) is 19.3 Å². The number of pyridine rings is 1. The van der Waals surface area contributed by atoms with E-state index in [1.165, 1.54) is 6.42 Å². The maximum Gasteiger partial charge on any atom is 0.252 e. The third kappa shape index (κ3) is 2.08. The summed E-state index contributed by atoms with van der Waals surface area (Å²) >= 11 is 0. The van der Waals surface area contributed by atoms with Gasteiger partial charge in [-0.2, -0.15) is 0 Å². The monoisotopic (exact) mass is 220 g/mol. The minimum Gasteiger partial charge on any atom is -0.397 e. The second-order valence-electron chi connectivity index (χ2n) is 4.05. The zero-order valence-electron chi connectivity index (χ0n) is 9.15. The highest BCUT2D eigenvalue weighted by Gasteiger charge is 2.18. The van der Waals surface area contributed by atoms with E-state index in [2.05, 4.69) is 9.88 Å². The topological polar surface area (TPSA) is 85.2 Å². The second-order valence-corrected chi connectivity index (χ2v) is 4.05. The number of aromatic nitrogens is 1. The Labute approximate surface area is 94.4 Å². The first kappa shape index (κ1) is 10.7. The molecule has 2 heterocycles. The van der Waals surface area contributed by atoms with Crippen LogP contribution in [0.4, 0.5) is 11.5 Å². The molecule has 1 aliphatic heterocycles. The number of rotatable bonds is 2. The molecule has 5 heteroatoms. The molecular formula is C11H16N4O. The van der Waals surface area contributed by atoms with E-state index in [1.807, 2.05) is 0 Å². The summed E-state index contributed by atoms with van der Waals surface area (Å²) in [5, 5.41) is 0. The van der Waals surface area contributed by atoms with Crippen molar-refractivity contribution in [3.05, 3.63) is 17.8 Å². The van der Waals surface area contributed by atoms with Crippen LogP contribution in [-0.4, -0.2) is 24.0 Å². The summed E-state index contributed by atoms with van der Waals surface area (Å²) in [6.07, 6.45) is 5.06. The van der Waals surface area contributed by atoms with E-state index >= 15 is 0 Å². The van der Waals surface area contributed by atoms with E-state index in [1.54, 1.807) is 12.3 Å². The lowest BCUT2D eigenvalue weighted by atomic mass is 10.1. The van der Waals surface area contributed by atoms with Crippen LogP contribution in [-0.2, 0) is 0 Å². The molecule has 0 spiro atoms. The van der Waals surface area contributed by atoms with Gasteiger partial charge in [0.2, 0.25) is 0 Å². The first-order valence-electron chi connectivity index (χ1n) is 5.49. The minimum atomic E-state index is -0.472. The Kier molecular flexibility index (Phi) is 2.94. The van der Waals surface area contributed by atoms with E-state index in [0.717, 1.165) is 25.9 Å². The molecule has 1 aliphatic rings. The molecule has 0 radical (unpaired) electrons. The lowest BCUT2D eigenvalue weighted by Gasteiger charge is -2.28. The van der Waals surface area contributed by atoms with Gasteiger partial charge in [-0.1, -0.05) is 0 Å². The maximum absolute atomic E-state index is 11.3. The number of nitrogens with zero attached hydrogens (tertiary/aromatic N) is 2. The van der Waals surface area contributed by atoms with Gasteiger partial charge >= 0.3 is 0 Å². The number of nitrogens with two attached hydrogens (primary N) is 2. The summed E-state index contributed by atoms with van der Waals surface area (Å²) in [5.74, 6) is 0.196. The molecule has 1 aromatic rings. The summed E-state index contributed by atoms with van der Waals surface area (Å²) in [5.41, 5.74) is 11.8. The summed E-state index contributed by atoms with van der Waals surface area (Å²) < 4.78 is 0. The van der Waals surface area contributed by atoms with Crippen molar-refractivity contribution in [2.24, 2.45) is 5.73 Å². The number of anilines is 2. The molecule has 4 N–H and O–H groups in total. The minimum absolute atomic E-state index is 0.418. The molecule has 0 aliphatic carbocycles. The predicted molar refractivity (Wildman–Crippen MR) is 63.2 cm³/mol. The van der Waals surface area contributed by atoms with Crippen LogP contribution >= 0.6 is 0 Å². The first-order valence-corrected chi connectivity index (χ1v) is 5.49. The maximum atomic E-state index is 11.3. The standard InChI is InChI=1S/C11H16N4O/c12-8-6-9(10(13)16)11(14-7-8)15-4-2-1-3-5-15/h6-7H,1-5,12H2,(H2,13,16). The number of hydrogen-bond donors (Lipinski definition) is 2. The van der Waals surface area contributed by atoms with Crippen LogP contribution in [0.25, 0.3) is 0 Å². The van der Waals surface area contributed by atoms with Crippen molar-refractivity contribution in [2.75, 3.05) is 23.7 Å². The Hall–Kier alpha value is -1.78. The van der Waals surface area contributed by atoms with Gasteiger partial charge < -0.3 is 16.4 Å². The Morgan fingerprint density at radius 1 is 1.31 bits per heavy atom. The van der Waals surface area contributed by atoms with Crippen molar-refractivity contribution in [1.29, 1.82) is 0 Å². The summed E-state index contributed by atoms with van der Waals surface area (Å²) in [7, 11) is 0. The molecule has 16 heavy (non-hydrogen) atoms. The second kappa shape index (κ2) is 4.38. The van der Waals surface area contributed by atoms with E-state index < -0.39 is 5.91 Å². The molecule has 86 valence electrons. The van der Waals surface area contributed by atoms with E-state index in [-0.39, 0.29) is 0 Å². The SMILES string of the molecule is NC(=O)c1cc(N)cnc1N1CCCCC1. The fourth-order valence-electron chi connectivity index (χ4n) is 2.01. The average Bonchev–Trinajstić information content (AvgIpc) is 2.30. The van der Waals surface area contributed by atoms with Crippen LogP contribution in [0.3, 0.4) is 0 Å². The number of piperidine rings is 1. The van der Waals surface area contributed by atoms with Gasteiger partial charge in [-0.25, -0.2) is 4.98 Å². The van der Waals surface area contributed by atoms with E-state index in [4.69, 9.17) is 11.5 Å². The van der Waals surface area contributed by atoms with Gasteiger partial charge in [-0.15, -0.1) is 0 Å².